The zero-order valence-corrected chi connectivity index (χ0v) is 11.2. The van der Waals surface area contributed by atoms with Crippen LogP contribution in [-0.4, -0.2) is 0 Å². The van der Waals surface area contributed by atoms with Gasteiger partial charge in [-0.1, -0.05) is 11.6 Å². The fourth-order valence-electron chi connectivity index (χ4n) is 1.66. The van der Waals surface area contributed by atoms with E-state index in [0.29, 0.717) is 10.8 Å². The summed E-state index contributed by atoms with van der Waals surface area (Å²) in [6, 6.07) is 7.92. The van der Waals surface area contributed by atoms with Gasteiger partial charge in [0.1, 0.15) is 11.5 Å². The smallest absolute Gasteiger partial charge is 0.416 e. The Hall–Kier alpha value is -1.88. The van der Waals surface area contributed by atoms with E-state index in [4.69, 9.17) is 22.1 Å². The third kappa shape index (κ3) is 3.36. The molecule has 2 aromatic rings. The van der Waals surface area contributed by atoms with Gasteiger partial charge in [0.05, 0.1) is 5.56 Å². The van der Waals surface area contributed by atoms with Crippen molar-refractivity contribution < 1.29 is 17.9 Å². The van der Waals surface area contributed by atoms with E-state index in [1.807, 2.05) is 0 Å². The molecule has 0 bridgehead atoms. The van der Waals surface area contributed by atoms with Gasteiger partial charge >= 0.3 is 6.18 Å². The lowest BCUT2D eigenvalue weighted by atomic mass is 10.2. The molecule has 0 saturated carbocycles. The molecule has 2 rings (SSSR count). The lowest BCUT2D eigenvalue weighted by Crippen LogP contribution is -2.06. The van der Waals surface area contributed by atoms with Crippen molar-refractivity contribution in [3.8, 4) is 11.5 Å². The third-order valence-electron chi connectivity index (χ3n) is 2.62. The maximum atomic E-state index is 12.7. The van der Waals surface area contributed by atoms with Gasteiger partial charge in [-0.3, -0.25) is 0 Å². The zero-order chi connectivity index (χ0) is 14.9. The topological polar surface area (TPSA) is 35.2 Å². The predicted octanol–water partition coefficient (Wildman–Crippen LogP) is 5.04. The number of aryl methyl sites for hydroxylation is 1. The van der Waals surface area contributed by atoms with Crippen LogP contribution in [0.1, 0.15) is 11.1 Å². The summed E-state index contributed by atoms with van der Waals surface area (Å²) in [5, 5.41) is 0.556. The average Bonchev–Trinajstić information content (AvgIpc) is 2.32. The molecule has 0 heterocycles. The summed E-state index contributed by atoms with van der Waals surface area (Å²) in [5.41, 5.74) is 5.37. The van der Waals surface area contributed by atoms with Crippen molar-refractivity contribution >= 4 is 17.3 Å². The first-order chi connectivity index (χ1) is 9.25. The van der Waals surface area contributed by atoms with E-state index in [1.165, 1.54) is 6.07 Å². The number of alkyl halides is 3. The van der Waals surface area contributed by atoms with Crippen molar-refractivity contribution in [2.45, 2.75) is 13.1 Å². The van der Waals surface area contributed by atoms with E-state index in [9.17, 15) is 13.2 Å². The molecule has 6 heteroatoms. The molecular weight excluding hydrogens is 291 g/mol. The van der Waals surface area contributed by atoms with Crippen molar-refractivity contribution in [3.05, 3.63) is 52.5 Å². The first-order valence-corrected chi connectivity index (χ1v) is 6.05. The van der Waals surface area contributed by atoms with Crippen LogP contribution in [0.3, 0.4) is 0 Å². The fraction of sp³-hybridized carbons (Fsp3) is 0.143. The van der Waals surface area contributed by atoms with Crippen LogP contribution in [0.4, 0.5) is 18.9 Å². The Morgan fingerprint density at radius 1 is 1.05 bits per heavy atom. The highest BCUT2D eigenvalue weighted by atomic mass is 35.5. The van der Waals surface area contributed by atoms with Gasteiger partial charge in [-0.15, -0.1) is 0 Å². The van der Waals surface area contributed by atoms with Gasteiger partial charge in [0.2, 0.25) is 0 Å². The summed E-state index contributed by atoms with van der Waals surface area (Å²) >= 11 is 5.87. The van der Waals surface area contributed by atoms with Crippen LogP contribution in [0.2, 0.25) is 5.02 Å². The van der Waals surface area contributed by atoms with Gasteiger partial charge in [-0.25, -0.2) is 0 Å². The maximum absolute atomic E-state index is 12.7. The number of ether oxygens (including phenoxy) is 1. The minimum Gasteiger partial charge on any atom is -0.457 e. The second-order valence-corrected chi connectivity index (χ2v) is 4.71. The lowest BCUT2D eigenvalue weighted by Gasteiger charge is -2.12. The van der Waals surface area contributed by atoms with Gasteiger partial charge in [0.15, 0.2) is 0 Å². The van der Waals surface area contributed by atoms with Crippen molar-refractivity contribution in [1.29, 1.82) is 0 Å². The summed E-state index contributed by atoms with van der Waals surface area (Å²) < 4.78 is 43.4. The molecule has 0 atom stereocenters. The molecule has 2 N–H and O–H groups in total. The van der Waals surface area contributed by atoms with Crippen molar-refractivity contribution in [1.82, 2.24) is 0 Å². The van der Waals surface area contributed by atoms with Gasteiger partial charge in [0.25, 0.3) is 0 Å². The summed E-state index contributed by atoms with van der Waals surface area (Å²) in [6.45, 7) is 1.77. The number of halogens is 4. The van der Waals surface area contributed by atoms with Crippen LogP contribution in [0.25, 0.3) is 0 Å². The van der Waals surface area contributed by atoms with E-state index in [2.05, 4.69) is 0 Å². The molecule has 2 nitrogen and oxygen atoms in total. The molecule has 2 aromatic carbocycles. The highest BCUT2D eigenvalue weighted by molar-refractivity contribution is 6.31. The molecule has 0 radical (unpaired) electrons. The quantitative estimate of drug-likeness (QED) is 0.789. The summed E-state index contributed by atoms with van der Waals surface area (Å²) in [7, 11) is 0. The molecule has 0 aliphatic rings. The molecule has 0 aliphatic heterocycles. The first kappa shape index (κ1) is 14.5. The second kappa shape index (κ2) is 5.25. The third-order valence-corrected chi connectivity index (χ3v) is 3.05. The Balaban J connectivity index is 2.33. The SMILES string of the molecule is Cc1cc(Oc2cc(N)cc(C(F)(F)F)c2)ccc1Cl. The number of hydrogen-bond donors (Lipinski definition) is 1. The van der Waals surface area contributed by atoms with Crippen LogP contribution < -0.4 is 10.5 Å². The summed E-state index contributed by atoms with van der Waals surface area (Å²) in [4.78, 5) is 0. The average molecular weight is 302 g/mol. The first-order valence-electron chi connectivity index (χ1n) is 5.67. The zero-order valence-electron chi connectivity index (χ0n) is 10.5. The molecule has 0 unspecified atom stereocenters. The number of rotatable bonds is 2. The molecular formula is C14H11ClF3NO. The number of anilines is 1. The monoisotopic (exact) mass is 301 g/mol. The minimum atomic E-state index is -4.47. The lowest BCUT2D eigenvalue weighted by molar-refractivity contribution is -0.137. The van der Waals surface area contributed by atoms with Crippen molar-refractivity contribution in [2.75, 3.05) is 5.73 Å². The molecule has 20 heavy (non-hydrogen) atoms. The predicted molar refractivity (Wildman–Crippen MR) is 72.1 cm³/mol. The Morgan fingerprint density at radius 3 is 2.35 bits per heavy atom. The number of nitrogens with two attached hydrogens (primary N) is 1. The molecule has 0 aliphatic carbocycles. The molecule has 0 spiro atoms. The Kier molecular flexibility index (Phi) is 3.81. The van der Waals surface area contributed by atoms with E-state index in [1.54, 1.807) is 25.1 Å². The molecule has 106 valence electrons. The van der Waals surface area contributed by atoms with E-state index >= 15 is 0 Å². The Bertz CT molecular complexity index is 641. The Labute approximate surface area is 118 Å². The highest BCUT2D eigenvalue weighted by Gasteiger charge is 2.31. The van der Waals surface area contributed by atoms with Gasteiger partial charge < -0.3 is 10.5 Å². The van der Waals surface area contributed by atoms with Crippen molar-refractivity contribution in [3.63, 3.8) is 0 Å². The minimum absolute atomic E-state index is 0.0134. The molecule has 0 amide bonds. The molecule has 0 aromatic heterocycles. The maximum Gasteiger partial charge on any atom is 0.416 e. The summed E-state index contributed by atoms with van der Waals surface area (Å²) in [6.07, 6.45) is -4.47. The number of benzene rings is 2. The van der Waals surface area contributed by atoms with E-state index < -0.39 is 11.7 Å². The highest BCUT2D eigenvalue weighted by Crippen LogP contribution is 2.35. The number of nitrogen functional groups attached to an aromatic ring is 1. The standard InChI is InChI=1S/C14H11ClF3NO/c1-8-4-11(2-3-13(8)15)20-12-6-9(14(16,17)18)5-10(19)7-12/h2-7H,19H2,1H3. The van der Waals surface area contributed by atoms with Crippen LogP contribution >= 0.6 is 11.6 Å². The molecule has 0 saturated heterocycles. The second-order valence-electron chi connectivity index (χ2n) is 4.30. The van der Waals surface area contributed by atoms with Crippen LogP contribution in [0.15, 0.2) is 36.4 Å². The van der Waals surface area contributed by atoms with E-state index in [0.717, 1.165) is 17.7 Å². The number of hydrogen-bond acceptors (Lipinski definition) is 2. The summed E-state index contributed by atoms with van der Waals surface area (Å²) in [5.74, 6) is 0.421. The van der Waals surface area contributed by atoms with Gasteiger partial charge in [-0.05, 0) is 42.8 Å². The largest absolute Gasteiger partial charge is 0.457 e. The van der Waals surface area contributed by atoms with Crippen LogP contribution in [0, 0.1) is 6.92 Å². The normalized spacial score (nSPS) is 11.4. The Morgan fingerprint density at radius 2 is 1.75 bits per heavy atom. The van der Waals surface area contributed by atoms with Crippen LogP contribution in [-0.2, 0) is 6.18 Å². The van der Waals surface area contributed by atoms with Gasteiger partial charge in [-0.2, -0.15) is 13.2 Å². The van der Waals surface area contributed by atoms with Crippen LogP contribution in [0.5, 0.6) is 11.5 Å². The van der Waals surface area contributed by atoms with Gasteiger partial charge in [0, 0.05) is 16.8 Å². The fourth-order valence-corrected chi connectivity index (χ4v) is 1.78. The van der Waals surface area contributed by atoms with Crippen molar-refractivity contribution in [2.24, 2.45) is 0 Å². The van der Waals surface area contributed by atoms with E-state index in [-0.39, 0.29) is 11.4 Å². The molecule has 0 fully saturated rings.